The molecule has 0 aromatic heterocycles. The van der Waals surface area contributed by atoms with E-state index in [0.717, 1.165) is 12.0 Å². The van der Waals surface area contributed by atoms with E-state index >= 15 is 0 Å². The molecule has 5 heteroatoms. The highest BCUT2D eigenvalue weighted by Gasteiger charge is 2.35. The van der Waals surface area contributed by atoms with Gasteiger partial charge in [0.1, 0.15) is 11.9 Å². The van der Waals surface area contributed by atoms with Crippen molar-refractivity contribution in [3.8, 4) is 0 Å². The maximum Gasteiger partial charge on any atom is 0.328 e. The number of ether oxygens (including phenoxy) is 1. The van der Waals surface area contributed by atoms with Gasteiger partial charge < -0.3 is 9.64 Å². The average Bonchev–Trinajstić information content (AvgIpc) is 2.95. The molecule has 1 unspecified atom stereocenters. The van der Waals surface area contributed by atoms with Crippen LogP contribution in [0.3, 0.4) is 0 Å². The van der Waals surface area contributed by atoms with E-state index in [0.29, 0.717) is 24.9 Å². The highest BCUT2D eigenvalue weighted by atomic mass is 19.1. The SMILES string of the molecule is CCOC(=O)C1CCCN1C(=O)c1cc(F)cc(CC)c1. The van der Waals surface area contributed by atoms with Crippen LogP contribution < -0.4 is 0 Å². The normalized spacial score (nSPS) is 17.9. The van der Waals surface area contributed by atoms with Gasteiger partial charge in [-0.25, -0.2) is 9.18 Å². The summed E-state index contributed by atoms with van der Waals surface area (Å²) < 4.78 is 18.6. The molecule has 1 saturated heterocycles. The van der Waals surface area contributed by atoms with Crippen LogP contribution in [0.25, 0.3) is 0 Å². The lowest BCUT2D eigenvalue weighted by Gasteiger charge is -2.23. The van der Waals surface area contributed by atoms with Crippen LogP contribution in [-0.4, -0.2) is 36.0 Å². The van der Waals surface area contributed by atoms with Crippen molar-refractivity contribution in [1.29, 1.82) is 0 Å². The first-order valence-corrected chi connectivity index (χ1v) is 7.33. The van der Waals surface area contributed by atoms with Crippen molar-refractivity contribution in [3.63, 3.8) is 0 Å². The number of halogens is 1. The van der Waals surface area contributed by atoms with Crippen molar-refractivity contribution in [3.05, 3.63) is 35.1 Å². The van der Waals surface area contributed by atoms with E-state index in [1.807, 2.05) is 6.92 Å². The van der Waals surface area contributed by atoms with Crippen molar-refractivity contribution >= 4 is 11.9 Å². The smallest absolute Gasteiger partial charge is 0.328 e. The first-order chi connectivity index (χ1) is 10.1. The van der Waals surface area contributed by atoms with E-state index in [9.17, 15) is 14.0 Å². The highest BCUT2D eigenvalue weighted by molar-refractivity contribution is 5.97. The number of amides is 1. The molecule has 2 rings (SSSR count). The molecule has 4 nitrogen and oxygen atoms in total. The van der Waals surface area contributed by atoms with Gasteiger partial charge in [-0.3, -0.25) is 4.79 Å². The van der Waals surface area contributed by atoms with Gasteiger partial charge in [0.25, 0.3) is 5.91 Å². The number of benzene rings is 1. The van der Waals surface area contributed by atoms with Crippen LogP contribution in [0.15, 0.2) is 18.2 Å². The summed E-state index contributed by atoms with van der Waals surface area (Å²) in [6.07, 6.45) is 2.01. The Hall–Kier alpha value is -1.91. The van der Waals surface area contributed by atoms with Crippen LogP contribution >= 0.6 is 0 Å². The van der Waals surface area contributed by atoms with E-state index in [1.54, 1.807) is 13.0 Å². The molecule has 21 heavy (non-hydrogen) atoms. The molecule has 1 atom stereocenters. The number of esters is 1. The average molecular weight is 293 g/mol. The van der Waals surface area contributed by atoms with Crippen molar-refractivity contribution in [1.82, 2.24) is 4.90 Å². The maximum absolute atomic E-state index is 13.6. The molecular weight excluding hydrogens is 273 g/mol. The third kappa shape index (κ3) is 3.40. The second-order valence-electron chi connectivity index (χ2n) is 5.11. The standard InChI is InChI=1S/C16H20FNO3/c1-3-11-8-12(10-13(17)9-11)15(19)18-7-5-6-14(18)16(20)21-4-2/h8-10,14H,3-7H2,1-2H3. The van der Waals surface area contributed by atoms with Gasteiger partial charge in [-0.05, 0) is 49.9 Å². The summed E-state index contributed by atoms with van der Waals surface area (Å²) in [6, 6.07) is 3.78. The summed E-state index contributed by atoms with van der Waals surface area (Å²) in [5, 5.41) is 0. The molecule has 1 heterocycles. The molecule has 0 spiro atoms. The lowest BCUT2D eigenvalue weighted by Crippen LogP contribution is -2.41. The number of likely N-dealkylation sites (tertiary alicyclic amines) is 1. The Morgan fingerprint density at radius 1 is 1.33 bits per heavy atom. The topological polar surface area (TPSA) is 46.6 Å². The Kier molecular flexibility index (Phi) is 4.94. The number of carbonyl (C=O) groups is 2. The molecule has 1 aliphatic heterocycles. The Morgan fingerprint density at radius 3 is 2.76 bits per heavy atom. The van der Waals surface area contributed by atoms with Crippen molar-refractivity contribution in [2.24, 2.45) is 0 Å². The van der Waals surface area contributed by atoms with Crippen molar-refractivity contribution in [2.75, 3.05) is 13.2 Å². The second-order valence-corrected chi connectivity index (χ2v) is 5.11. The third-order valence-electron chi connectivity index (χ3n) is 3.69. The van der Waals surface area contributed by atoms with Crippen LogP contribution in [0, 0.1) is 5.82 Å². The minimum Gasteiger partial charge on any atom is -0.464 e. The summed E-state index contributed by atoms with van der Waals surface area (Å²) >= 11 is 0. The van der Waals surface area contributed by atoms with Gasteiger partial charge in [-0.15, -0.1) is 0 Å². The molecule has 114 valence electrons. The number of carbonyl (C=O) groups excluding carboxylic acids is 2. The largest absolute Gasteiger partial charge is 0.464 e. The number of hydrogen-bond donors (Lipinski definition) is 0. The predicted molar refractivity (Wildman–Crippen MR) is 76.5 cm³/mol. The van der Waals surface area contributed by atoms with Gasteiger partial charge in [0.2, 0.25) is 0 Å². The lowest BCUT2D eigenvalue weighted by molar-refractivity contribution is -0.147. The molecule has 0 aliphatic carbocycles. The molecule has 1 aliphatic rings. The van der Waals surface area contributed by atoms with E-state index in [-0.39, 0.29) is 18.5 Å². The fourth-order valence-corrected chi connectivity index (χ4v) is 2.64. The summed E-state index contributed by atoms with van der Waals surface area (Å²) in [7, 11) is 0. The first kappa shape index (κ1) is 15.5. The van der Waals surface area contributed by atoms with Gasteiger partial charge in [-0.1, -0.05) is 6.92 Å². The number of hydrogen-bond acceptors (Lipinski definition) is 3. The Morgan fingerprint density at radius 2 is 2.10 bits per heavy atom. The van der Waals surface area contributed by atoms with E-state index < -0.39 is 11.9 Å². The minimum absolute atomic E-state index is 0.289. The summed E-state index contributed by atoms with van der Waals surface area (Å²) in [5.74, 6) is -1.11. The van der Waals surface area contributed by atoms with Crippen LogP contribution in [0.2, 0.25) is 0 Å². The fourth-order valence-electron chi connectivity index (χ4n) is 2.64. The first-order valence-electron chi connectivity index (χ1n) is 7.33. The van der Waals surface area contributed by atoms with Gasteiger partial charge in [0, 0.05) is 12.1 Å². The fraction of sp³-hybridized carbons (Fsp3) is 0.500. The molecule has 0 radical (unpaired) electrons. The minimum atomic E-state index is -0.550. The quantitative estimate of drug-likeness (QED) is 0.802. The zero-order chi connectivity index (χ0) is 15.4. The van der Waals surface area contributed by atoms with Gasteiger partial charge >= 0.3 is 5.97 Å². The van der Waals surface area contributed by atoms with E-state index in [1.165, 1.54) is 17.0 Å². The summed E-state index contributed by atoms with van der Waals surface area (Å²) in [6.45, 7) is 4.43. The number of rotatable bonds is 4. The zero-order valence-corrected chi connectivity index (χ0v) is 12.4. The van der Waals surface area contributed by atoms with Crippen molar-refractivity contribution < 1.29 is 18.7 Å². The van der Waals surface area contributed by atoms with Crippen LogP contribution in [-0.2, 0) is 16.0 Å². The molecular formula is C16H20FNO3. The molecule has 1 aromatic rings. The Bertz CT molecular complexity index is 544. The Labute approximate surface area is 123 Å². The predicted octanol–water partition coefficient (Wildman–Crippen LogP) is 2.56. The van der Waals surface area contributed by atoms with Crippen LogP contribution in [0.1, 0.15) is 42.6 Å². The zero-order valence-electron chi connectivity index (χ0n) is 12.4. The molecule has 0 N–H and O–H groups in total. The van der Waals surface area contributed by atoms with Crippen molar-refractivity contribution in [2.45, 2.75) is 39.2 Å². The van der Waals surface area contributed by atoms with Gasteiger partial charge in [-0.2, -0.15) is 0 Å². The lowest BCUT2D eigenvalue weighted by atomic mass is 10.1. The second kappa shape index (κ2) is 6.70. The highest BCUT2D eigenvalue weighted by Crippen LogP contribution is 2.22. The molecule has 1 amide bonds. The molecule has 0 saturated carbocycles. The van der Waals surface area contributed by atoms with E-state index in [2.05, 4.69) is 0 Å². The van der Waals surface area contributed by atoms with Gasteiger partial charge in [0.05, 0.1) is 6.61 Å². The summed E-state index contributed by atoms with van der Waals surface area (Å²) in [5.41, 5.74) is 1.06. The van der Waals surface area contributed by atoms with Crippen LogP contribution in [0.4, 0.5) is 4.39 Å². The van der Waals surface area contributed by atoms with Gasteiger partial charge in [0.15, 0.2) is 0 Å². The number of aryl methyl sites for hydroxylation is 1. The molecule has 0 bridgehead atoms. The van der Waals surface area contributed by atoms with E-state index in [4.69, 9.17) is 4.74 Å². The maximum atomic E-state index is 13.6. The molecule has 1 fully saturated rings. The van der Waals surface area contributed by atoms with Crippen LogP contribution in [0.5, 0.6) is 0 Å². The third-order valence-corrected chi connectivity index (χ3v) is 3.69. The molecule has 1 aromatic carbocycles. The number of nitrogens with zero attached hydrogens (tertiary/aromatic N) is 1. The monoisotopic (exact) mass is 293 g/mol. The summed E-state index contributed by atoms with van der Waals surface area (Å²) in [4.78, 5) is 25.9. The Balaban J connectivity index is 2.22.